The van der Waals surface area contributed by atoms with Crippen LogP contribution in [-0.2, 0) is 110 Å². The summed E-state index contributed by atoms with van der Waals surface area (Å²) in [6.07, 6.45) is 4.40. The summed E-state index contributed by atoms with van der Waals surface area (Å²) in [5.74, 6) is -18.5. The molecule has 3 aromatic carbocycles. The lowest BCUT2D eigenvalue weighted by Crippen LogP contribution is -2.60. The largest absolute Gasteiger partial charge is 0.480 e. The van der Waals surface area contributed by atoms with Crippen molar-refractivity contribution in [3.8, 4) is 0 Å². The van der Waals surface area contributed by atoms with Crippen molar-refractivity contribution in [2.24, 2.45) is 35.1 Å². The minimum Gasteiger partial charge on any atom is -0.480 e. The molecule has 1 fully saturated rings. The van der Waals surface area contributed by atoms with E-state index in [0.717, 1.165) is 10.9 Å². The van der Waals surface area contributed by atoms with E-state index in [4.69, 9.17) is 11.5 Å². The van der Waals surface area contributed by atoms with Gasteiger partial charge in [-0.05, 0) is 111 Å². The van der Waals surface area contributed by atoms with E-state index in [1.54, 1.807) is 133 Å². The van der Waals surface area contributed by atoms with Gasteiger partial charge < -0.3 is 127 Å². The average molecular weight is 1900 g/mol. The van der Waals surface area contributed by atoms with Crippen LogP contribution in [0.25, 0.3) is 32.7 Å². The molecule has 0 saturated carbocycles. The number of aliphatic hydroxyl groups excluding tert-OH is 1. The Bertz CT molecular complexity index is 5190. The molecule has 18 amide bonds. The quantitative estimate of drug-likeness (QED) is 0.0167. The van der Waals surface area contributed by atoms with Gasteiger partial charge in [0.25, 0.3) is 0 Å². The van der Waals surface area contributed by atoms with Crippen LogP contribution < -0.4 is 96.5 Å². The summed E-state index contributed by atoms with van der Waals surface area (Å²) < 4.78 is 0. The van der Waals surface area contributed by atoms with Gasteiger partial charge in [0.15, 0.2) is 0 Å². The van der Waals surface area contributed by atoms with E-state index in [0.29, 0.717) is 51.3 Å². The highest BCUT2D eigenvalue weighted by molar-refractivity contribution is 7.80. The molecule has 45 heteroatoms. The fraction of sp³-hybridized carbons (Fsp3) is 0.517. The highest BCUT2D eigenvalue weighted by Gasteiger charge is 2.41. The molecule has 0 aliphatic carbocycles. The van der Waals surface area contributed by atoms with E-state index in [2.05, 4.69) is 125 Å². The summed E-state index contributed by atoms with van der Waals surface area (Å²) in [5, 5.41) is 62.1. The summed E-state index contributed by atoms with van der Waals surface area (Å²) in [5.41, 5.74) is 15.2. The molecular formula is C89H126N22O21S2. The fourth-order valence-corrected chi connectivity index (χ4v) is 15.4. The summed E-state index contributed by atoms with van der Waals surface area (Å²) in [7, 11) is 0. The maximum atomic E-state index is 15.0. The molecule has 7 rings (SSSR count). The Hall–Kier alpha value is -13.2. The van der Waals surface area contributed by atoms with E-state index in [1.807, 2.05) is 13.8 Å². The van der Waals surface area contributed by atoms with Crippen molar-refractivity contribution >= 4 is 170 Å². The molecule has 43 nitrogen and oxygen atoms in total. The van der Waals surface area contributed by atoms with Crippen LogP contribution in [0.4, 0.5) is 0 Å². The lowest BCUT2D eigenvalue weighted by atomic mass is 10.0. The number of aliphatic carboxylic acids is 1. The molecule has 3 aromatic heterocycles. The zero-order valence-electron chi connectivity index (χ0n) is 76.4. The molecule has 134 heavy (non-hydrogen) atoms. The number of H-pyrrole nitrogens is 3. The Morgan fingerprint density at radius 1 is 0.410 bits per heavy atom. The third-order valence-corrected chi connectivity index (χ3v) is 22.7. The number of carbonyl (C=O) groups is 19. The molecule has 4 heterocycles. The Morgan fingerprint density at radius 2 is 0.776 bits per heavy atom. The topological polar surface area (TPSA) is 660 Å². The molecule has 0 radical (unpaired) electrons. The van der Waals surface area contributed by atoms with Crippen LogP contribution in [0.5, 0.6) is 0 Å². The second-order valence-electron chi connectivity index (χ2n) is 34.6. The monoisotopic (exact) mass is 1900 g/mol. The normalized spacial score (nSPS) is 15.4. The van der Waals surface area contributed by atoms with Gasteiger partial charge in [-0.2, -0.15) is 25.3 Å². The summed E-state index contributed by atoms with van der Waals surface area (Å²) in [4.78, 5) is 270. The van der Waals surface area contributed by atoms with Gasteiger partial charge in [0, 0.05) is 95.0 Å². The standard InChI is InChI=1S/C89H126N22O21S2/c1-44(2)28-56(90)77(119)108-68(43-134)85(127)104-60(25-26-70(91)113)79(121)107-66(41-112)83(125)105-61(29-45(3)4)78(120)96-40-74(117)110-75(47(7)8)87(129)98-39-73(116)103-65(33-52-36-94-59-23-16-13-20-55(52)59)88(130)111-27-17-24-69(111)86(128)97-38-72(115)101-63(31-50-34-92-57-21-14-11-18-53(50)57)81(123)106-62(30-46(5)6)80(122)99-48(9)76(118)95-37-71(114)102-64(32-51-35-93-58-22-15-12-19-54(51)58)82(124)109-67(42-133)84(126)100-49(10)89(131)132/h11-16,18-23,34-36,44-49,56,60-69,75,92-94,112,133-134H,17,24-33,37-43,90H2,1-10H3,(H2,91,113)(H,95,118)(H,96,120)(H,97,128)(H,98,129)(H,99,122)(H,100,126)(H,101,115)(H,102,114)(H,103,116)(H,104,127)(H,105,125)(H,106,123)(H,107,121)(H,108,119)(H,109,124)(H,110,117)(H,131,132)/t48-,49-,56-,60-,61-,62-,63-,64-,65-,66-,67-,68-,69-,75-/m0/s1. The van der Waals surface area contributed by atoms with Crippen LogP contribution in [0, 0.1) is 23.7 Å². The van der Waals surface area contributed by atoms with Crippen LogP contribution in [0.1, 0.15) is 131 Å². The third-order valence-electron chi connectivity index (χ3n) is 22.0. The molecule has 25 N–H and O–H groups in total. The molecule has 1 saturated heterocycles. The number of aromatic nitrogens is 3. The van der Waals surface area contributed by atoms with Gasteiger partial charge in [-0.25, -0.2) is 0 Å². The number of para-hydroxylation sites is 3. The first-order valence-corrected chi connectivity index (χ1v) is 45.5. The van der Waals surface area contributed by atoms with Gasteiger partial charge in [-0.15, -0.1) is 0 Å². The van der Waals surface area contributed by atoms with Gasteiger partial charge >= 0.3 is 5.97 Å². The molecule has 1 aliphatic rings. The number of nitrogens with one attached hydrogen (secondary N) is 19. The first-order chi connectivity index (χ1) is 63.5. The summed E-state index contributed by atoms with van der Waals surface area (Å²) in [6, 6.07) is 2.42. The number of rotatable bonds is 53. The number of benzene rings is 3. The second-order valence-corrected chi connectivity index (χ2v) is 35.3. The molecular weight excluding hydrogens is 1780 g/mol. The van der Waals surface area contributed by atoms with Crippen LogP contribution >= 0.6 is 25.3 Å². The fourth-order valence-electron chi connectivity index (χ4n) is 14.9. The van der Waals surface area contributed by atoms with E-state index >= 15 is 4.79 Å². The molecule has 1 aliphatic heterocycles. The van der Waals surface area contributed by atoms with Crippen LogP contribution in [0.3, 0.4) is 0 Å². The van der Waals surface area contributed by atoms with Gasteiger partial charge in [0.1, 0.15) is 78.5 Å². The molecule has 6 aromatic rings. The van der Waals surface area contributed by atoms with E-state index in [9.17, 15) is 96.5 Å². The number of hydrogen-bond donors (Lipinski definition) is 25. The number of thiol groups is 2. The smallest absolute Gasteiger partial charge is 0.325 e. The van der Waals surface area contributed by atoms with Crippen molar-refractivity contribution in [3.05, 3.63) is 108 Å². The summed E-state index contributed by atoms with van der Waals surface area (Å²) >= 11 is 8.34. The molecule has 14 atom stereocenters. The van der Waals surface area contributed by atoms with Gasteiger partial charge in [-0.3, -0.25) is 91.1 Å². The summed E-state index contributed by atoms with van der Waals surface area (Å²) in [6.45, 7) is 12.4. The molecule has 0 spiro atoms. The number of carboxylic acids is 1. The number of hydrogen-bond acceptors (Lipinski definition) is 23. The van der Waals surface area contributed by atoms with Crippen molar-refractivity contribution in [2.45, 2.75) is 218 Å². The molecule has 730 valence electrons. The van der Waals surface area contributed by atoms with Crippen LogP contribution in [-0.4, -0.2) is 278 Å². The predicted molar refractivity (Wildman–Crippen MR) is 499 cm³/mol. The van der Waals surface area contributed by atoms with Gasteiger partial charge in [0.05, 0.1) is 38.8 Å². The predicted octanol–water partition coefficient (Wildman–Crippen LogP) is -3.20. The van der Waals surface area contributed by atoms with Gasteiger partial charge in [-0.1, -0.05) is 110 Å². The maximum absolute atomic E-state index is 15.0. The number of amides is 18. The number of nitrogens with two attached hydrogens (primary N) is 2. The van der Waals surface area contributed by atoms with E-state index in [-0.39, 0.29) is 80.7 Å². The number of carboxylic acid groups (broad SMARTS) is 1. The number of likely N-dealkylation sites (tertiary alicyclic amines) is 1. The van der Waals surface area contributed by atoms with Crippen LogP contribution in [0.2, 0.25) is 0 Å². The Morgan fingerprint density at radius 3 is 1.23 bits per heavy atom. The zero-order valence-corrected chi connectivity index (χ0v) is 78.2. The highest BCUT2D eigenvalue weighted by Crippen LogP contribution is 2.26. The number of aromatic amines is 3. The Kier molecular flexibility index (Phi) is 42.1. The average Bonchev–Trinajstić information content (AvgIpc) is 1.67. The van der Waals surface area contributed by atoms with E-state index < -0.39 is 242 Å². The number of aliphatic hydroxyl groups is 1. The lowest BCUT2D eigenvalue weighted by molar-refractivity contribution is -0.141. The van der Waals surface area contributed by atoms with Crippen molar-refractivity contribution in [1.82, 2.24) is 105 Å². The minimum atomic E-state index is -1.75. The number of nitrogens with zero attached hydrogens (tertiary/aromatic N) is 1. The first kappa shape index (κ1) is 108. The zero-order chi connectivity index (χ0) is 98.9. The Balaban J connectivity index is 0.962. The van der Waals surface area contributed by atoms with Crippen LogP contribution in [0.15, 0.2) is 91.4 Å². The number of fused-ring (bicyclic) bond motifs is 3. The third kappa shape index (κ3) is 32.9. The SMILES string of the molecule is CC(C)C[C@H](NC(=O)[C@H](CO)NC(=O)[C@H](CCC(N)=O)NC(=O)[C@H](CS)NC(=O)[C@@H](N)CC(C)C)C(=O)NCC(=O)N[C@H](C(=O)NCC(=O)N[C@@H](Cc1c[nH]c2ccccc12)C(=O)N1CCC[C@H]1C(=O)NCC(=O)N[C@@H](Cc1c[nH]c2ccccc12)C(=O)N[C@@H](CC(C)C)C(=O)N[C@@H](C)C(=O)NCC(=O)N[C@@H](Cc1c[nH]c2ccccc12)C(=O)N[C@@H](CS)C(=O)N[C@@H](C)C(=O)O)C(C)C. The first-order valence-electron chi connectivity index (χ1n) is 44.3. The Labute approximate surface area is 784 Å². The molecule has 0 unspecified atom stereocenters. The maximum Gasteiger partial charge on any atom is 0.325 e. The van der Waals surface area contributed by atoms with E-state index in [1.165, 1.54) is 18.7 Å². The van der Waals surface area contributed by atoms with Crippen molar-refractivity contribution < 1.29 is 101 Å². The number of primary amides is 1. The van der Waals surface area contributed by atoms with Crippen molar-refractivity contribution in [2.75, 3.05) is 50.8 Å². The molecule has 0 bridgehead atoms. The lowest BCUT2D eigenvalue weighted by Gasteiger charge is -2.29. The second kappa shape index (κ2) is 52.3. The van der Waals surface area contributed by atoms with Gasteiger partial charge in [0.2, 0.25) is 106 Å². The highest BCUT2D eigenvalue weighted by atomic mass is 32.1. The van der Waals surface area contributed by atoms with Crippen molar-refractivity contribution in [3.63, 3.8) is 0 Å². The van der Waals surface area contributed by atoms with Crippen molar-refractivity contribution in [1.29, 1.82) is 0 Å². The minimum absolute atomic E-state index is 0.0113. The number of carbonyl (C=O) groups excluding carboxylic acids is 18.